The number of aliphatic hydroxyl groups is 4. The minimum Gasteiger partial charge on any atom is -0.497 e. The van der Waals surface area contributed by atoms with Gasteiger partial charge in [-0.15, -0.1) is 0 Å². The molecule has 4 N–H and O–H groups in total. The molecule has 0 amide bonds. The van der Waals surface area contributed by atoms with E-state index in [4.69, 9.17) is 15.1 Å². The molecule has 0 aliphatic rings. The molecule has 1 aromatic carbocycles. The SMILES string of the molecule is COc1ccc(-n2cc([C@@H](O)[C@H](O)[C@H](O)CO)cc(C#N)c2=O)cc1. The number of benzene rings is 1. The average Bonchev–Trinajstić information content (AvgIpc) is 2.66. The molecule has 1 heterocycles. The van der Waals surface area contributed by atoms with E-state index in [0.29, 0.717) is 11.4 Å². The van der Waals surface area contributed by atoms with Crippen LogP contribution in [0.4, 0.5) is 0 Å². The predicted octanol–water partition coefficient (Wildman–Crippen LogP) is -0.535. The molecule has 2 aromatic rings. The summed E-state index contributed by atoms with van der Waals surface area (Å²) in [6.45, 7) is -0.749. The highest BCUT2D eigenvalue weighted by atomic mass is 16.5. The quantitative estimate of drug-likeness (QED) is 0.552. The fourth-order valence-electron chi connectivity index (χ4n) is 2.30. The zero-order chi connectivity index (χ0) is 18.6. The highest BCUT2D eigenvalue weighted by Crippen LogP contribution is 2.21. The Morgan fingerprint density at radius 1 is 1.24 bits per heavy atom. The number of aliphatic hydroxyl groups excluding tert-OH is 4. The van der Waals surface area contributed by atoms with Crippen LogP contribution in [0.3, 0.4) is 0 Å². The maximum Gasteiger partial charge on any atom is 0.273 e. The Bertz CT molecular complexity index is 825. The van der Waals surface area contributed by atoms with Crippen LogP contribution < -0.4 is 10.3 Å². The fourth-order valence-corrected chi connectivity index (χ4v) is 2.30. The minimum atomic E-state index is -1.68. The van der Waals surface area contributed by atoms with E-state index < -0.39 is 30.5 Å². The van der Waals surface area contributed by atoms with Crippen LogP contribution in [-0.4, -0.2) is 50.9 Å². The molecule has 0 aliphatic carbocycles. The van der Waals surface area contributed by atoms with Crippen molar-refractivity contribution in [3.8, 4) is 17.5 Å². The third kappa shape index (κ3) is 3.87. The maximum atomic E-state index is 12.4. The zero-order valence-corrected chi connectivity index (χ0v) is 13.4. The van der Waals surface area contributed by atoms with Crippen LogP contribution in [0.5, 0.6) is 5.75 Å². The summed E-state index contributed by atoms with van der Waals surface area (Å²) in [5.74, 6) is 0.579. The summed E-state index contributed by atoms with van der Waals surface area (Å²) in [7, 11) is 1.50. The van der Waals surface area contributed by atoms with Crippen molar-refractivity contribution in [2.24, 2.45) is 0 Å². The molecular formula is C17H18N2O6. The molecule has 0 bridgehead atoms. The van der Waals surface area contributed by atoms with Crippen LogP contribution in [0.1, 0.15) is 17.2 Å². The molecule has 0 unspecified atom stereocenters. The van der Waals surface area contributed by atoms with Gasteiger partial charge in [0.2, 0.25) is 0 Å². The zero-order valence-electron chi connectivity index (χ0n) is 13.4. The van der Waals surface area contributed by atoms with Gasteiger partial charge in [-0.2, -0.15) is 5.26 Å². The molecule has 0 aliphatic heterocycles. The Balaban J connectivity index is 2.53. The first kappa shape index (κ1) is 18.6. The highest BCUT2D eigenvalue weighted by Gasteiger charge is 2.26. The molecule has 8 nitrogen and oxygen atoms in total. The van der Waals surface area contributed by atoms with E-state index in [1.807, 2.05) is 0 Å². The average molecular weight is 346 g/mol. The number of hydrogen-bond donors (Lipinski definition) is 4. The second-order valence-corrected chi connectivity index (χ2v) is 5.36. The smallest absolute Gasteiger partial charge is 0.273 e. The molecule has 1 aromatic heterocycles. The number of rotatable bonds is 6. The van der Waals surface area contributed by atoms with Crippen molar-refractivity contribution in [2.45, 2.75) is 18.3 Å². The van der Waals surface area contributed by atoms with Gasteiger partial charge in [0.15, 0.2) is 0 Å². The first-order chi connectivity index (χ1) is 11.9. The predicted molar refractivity (Wildman–Crippen MR) is 87.4 cm³/mol. The van der Waals surface area contributed by atoms with E-state index in [2.05, 4.69) is 0 Å². The summed E-state index contributed by atoms with van der Waals surface area (Å²) in [6, 6.07) is 9.32. The van der Waals surface area contributed by atoms with Gasteiger partial charge in [-0.1, -0.05) is 0 Å². The van der Waals surface area contributed by atoms with E-state index in [1.54, 1.807) is 30.3 Å². The Kier molecular flexibility index (Phi) is 5.90. The normalized spacial score (nSPS) is 14.4. The lowest BCUT2D eigenvalue weighted by atomic mass is 10.0. The molecule has 0 saturated heterocycles. The van der Waals surface area contributed by atoms with Crippen molar-refractivity contribution in [3.05, 3.63) is 58.0 Å². The van der Waals surface area contributed by atoms with Crippen molar-refractivity contribution < 1.29 is 25.2 Å². The number of nitriles is 1. The van der Waals surface area contributed by atoms with E-state index in [9.17, 15) is 20.1 Å². The molecule has 2 rings (SSSR count). The van der Waals surface area contributed by atoms with Crippen molar-refractivity contribution in [2.75, 3.05) is 13.7 Å². The summed E-state index contributed by atoms with van der Waals surface area (Å²) < 4.78 is 6.20. The third-order valence-corrected chi connectivity index (χ3v) is 3.76. The summed E-state index contributed by atoms with van der Waals surface area (Å²) >= 11 is 0. The molecular weight excluding hydrogens is 328 g/mol. The molecule has 0 spiro atoms. The van der Waals surface area contributed by atoms with Crippen LogP contribution in [0.15, 0.2) is 41.3 Å². The summed E-state index contributed by atoms with van der Waals surface area (Å²) in [4.78, 5) is 12.4. The van der Waals surface area contributed by atoms with Crippen molar-refractivity contribution in [1.82, 2.24) is 4.57 Å². The number of hydrogen-bond acceptors (Lipinski definition) is 7. The van der Waals surface area contributed by atoms with Crippen molar-refractivity contribution >= 4 is 0 Å². The van der Waals surface area contributed by atoms with Gasteiger partial charge in [0.05, 0.1) is 13.7 Å². The lowest BCUT2D eigenvalue weighted by Gasteiger charge is -2.22. The van der Waals surface area contributed by atoms with Crippen molar-refractivity contribution in [1.29, 1.82) is 5.26 Å². The van der Waals surface area contributed by atoms with Gasteiger partial charge < -0.3 is 25.2 Å². The van der Waals surface area contributed by atoms with Crippen LogP contribution in [0, 0.1) is 11.3 Å². The number of aromatic nitrogens is 1. The highest BCUT2D eigenvalue weighted by molar-refractivity contribution is 5.41. The number of methoxy groups -OCH3 is 1. The van der Waals surface area contributed by atoms with Crippen molar-refractivity contribution in [3.63, 3.8) is 0 Å². The summed E-state index contributed by atoms with van der Waals surface area (Å²) in [6.07, 6.45) is -3.58. The molecule has 0 radical (unpaired) electrons. The lowest BCUT2D eigenvalue weighted by molar-refractivity contribution is -0.0778. The Labute approximate surface area is 143 Å². The van der Waals surface area contributed by atoms with Crippen LogP contribution >= 0.6 is 0 Å². The van der Waals surface area contributed by atoms with Gasteiger partial charge in [0.25, 0.3) is 5.56 Å². The van der Waals surface area contributed by atoms with Gasteiger partial charge in [0.1, 0.15) is 35.7 Å². The largest absolute Gasteiger partial charge is 0.497 e. The number of nitrogens with zero attached hydrogens (tertiary/aromatic N) is 2. The van der Waals surface area contributed by atoms with Gasteiger partial charge >= 0.3 is 0 Å². The third-order valence-electron chi connectivity index (χ3n) is 3.76. The van der Waals surface area contributed by atoms with Crippen LogP contribution in [-0.2, 0) is 0 Å². The van der Waals surface area contributed by atoms with E-state index >= 15 is 0 Å². The van der Waals surface area contributed by atoms with Gasteiger partial charge in [0, 0.05) is 17.4 Å². The fraction of sp³-hybridized carbons (Fsp3) is 0.294. The standard InChI is InChI=1S/C17H18N2O6/c1-25-13-4-2-12(3-5-13)19-8-11(6-10(7-18)17(19)24)15(22)16(23)14(21)9-20/h2-6,8,14-16,20-23H,9H2,1H3/t14-,15-,16-/m1/s1. The summed E-state index contributed by atoms with van der Waals surface area (Å²) in [5.41, 5.74) is -0.362. The number of ether oxygens (including phenoxy) is 1. The second-order valence-electron chi connectivity index (χ2n) is 5.36. The van der Waals surface area contributed by atoms with Gasteiger partial charge in [-0.25, -0.2) is 0 Å². The lowest BCUT2D eigenvalue weighted by Crippen LogP contribution is -2.35. The molecule has 0 saturated carbocycles. The van der Waals surface area contributed by atoms with E-state index in [1.165, 1.54) is 13.3 Å². The van der Waals surface area contributed by atoms with E-state index in [0.717, 1.165) is 10.6 Å². The Hall–Kier alpha value is -2.70. The molecule has 8 heteroatoms. The van der Waals surface area contributed by atoms with E-state index in [-0.39, 0.29) is 11.1 Å². The monoisotopic (exact) mass is 346 g/mol. The summed E-state index contributed by atoms with van der Waals surface area (Å²) in [5, 5.41) is 47.6. The Morgan fingerprint density at radius 2 is 1.88 bits per heavy atom. The first-order valence-corrected chi connectivity index (χ1v) is 7.39. The van der Waals surface area contributed by atoms with Gasteiger partial charge in [-0.3, -0.25) is 9.36 Å². The first-order valence-electron chi connectivity index (χ1n) is 7.39. The second kappa shape index (κ2) is 7.92. The topological polar surface area (TPSA) is 136 Å². The maximum absolute atomic E-state index is 12.4. The minimum absolute atomic E-state index is 0.0481. The number of pyridine rings is 1. The van der Waals surface area contributed by atoms with Gasteiger partial charge in [-0.05, 0) is 30.3 Å². The molecule has 0 fully saturated rings. The Morgan fingerprint density at radius 3 is 2.40 bits per heavy atom. The molecule has 25 heavy (non-hydrogen) atoms. The molecule has 3 atom stereocenters. The van der Waals surface area contributed by atoms with Crippen LogP contribution in [0.25, 0.3) is 5.69 Å². The molecule has 132 valence electrons. The van der Waals surface area contributed by atoms with Crippen LogP contribution in [0.2, 0.25) is 0 Å².